The van der Waals surface area contributed by atoms with Gasteiger partial charge in [0.2, 0.25) is 5.91 Å². The van der Waals surface area contributed by atoms with E-state index in [-0.39, 0.29) is 17.7 Å². The zero-order chi connectivity index (χ0) is 13.7. The summed E-state index contributed by atoms with van der Waals surface area (Å²) in [6, 6.07) is 1.74. The molecule has 1 aliphatic rings. The first-order valence-electron chi connectivity index (χ1n) is 6.40. The maximum atomic E-state index is 11.9. The molecule has 19 heavy (non-hydrogen) atoms. The van der Waals surface area contributed by atoms with E-state index in [0.29, 0.717) is 18.7 Å². The first-order valence-corrected chi connectivity index (χ1v) is 6.40. The first kappa shape index (κ1) is 13.3. The molecule has 0 bridgehead atoms. The summed E-state index contributed by atoms with van der Waals surface area (Å²) in [4.78, 5) is 27.2. The molecule has 3 N–H and O–H groups in total. The van der Waals surface area contributed by atoms with Crippen LogP contribution in [0.15, 0.2) is 18.5 Å². The number of amides is 2. The third-order valence-electron chi connectivity index (χ3n) is 2.99. The van der Waals surface area contributed by atoms with Gasteiger partial charge in [-0.2, -0.15) is 0 Å². The smallest absolute Gasteiger partial charge is 0.255 e. The number of anilines is 1. The van der Waals surface area contributed by atoms with Gasteiger partial charge in [0.15, 0.2) is 0 Å². The second-order valence-corrected chi connectivity index (χ2v) is 4.49. The fraction of sp³-hybridized carbons (Fsp3) is 0.462. The van der Waals surface area contributed by atoms with Crippen molar-refractivity contribution in [1.82, 2.24) is 15.6 Å². The molecular formula is C13H18N4O2. The lowest BCUT2D eigenvalue weighted by atomic mass is 10.2. The number of nitrogens with zero attached hydrogens (tertiary/aromatic N) is 1. The van der Waals surface area contributed by atoms with E-state index in [9.17, 15) is 9.59 Å². The molecule has 1 aromatic heterocycles. The molecule has 0 unspecified atom stereocenters. The molecule has 2 rings (SSSR count). The quantitative estimate of drug-likeness (QED) is 0.647. The van der Waals surface area contributed by atoms with Crippen LogP contribution in [0.1, 0.15) is 23.2 Å². The highest BCUT2D eigenvalue weighted by molar-refractivity contribution is 5.99. The number of hydrogen-bond donors (Lipinski definition) is 3. The second kappa shape index (κ2) is 6.17. The Kier molecular flexibility index (Phi) is 4.33. The monoisotopic (exact) mass is 262 g/mol. The van der Waals surface area contributed by atoms with Gasteiger partial charge in [-0.05, 0) is 18.9 Å². The molecule has 0 radical (unpaired) electrons. The van der Waals surface area contributed by atoms with Gasteiger partial charge in [-0.25, -0.2) is 0 Å². The summed E-state index contributed by atoms with van der Waals surface area (Å²) >= 11 is 0. The normalized spacial score (nSPS) is 13.7. The Hall–Kier alpha value is -2.11. The topological polar surface area (TPSA) is 83.1 Å². The minimum absolute atomic E-state index is 0.0894. The van der Waals surface area contributed by atoms with E-state index in [1.807, 2.05) is 0 Å². The molecule has 2 amide bonds. The lowest BCUT2D eigenvalue weighted by Crippen LogP contribution is -2.35. The van der Waals surface area contributed by atoms with E-state index in [0.717, 1.165) is 18.5 Å². The van der Waals surface area contributed by atoms with Gasteiger partial charge in [-0.15, -0.1) is 0 Å². The van der Waals surface area contributed by atoms with Crippen molar-refractivity contribution in [1.29, 1.82) is 0 Å². The fourth-order valence-corrected chi connectivity index (χ4v) is 1.74. The fourth-order valence-electron chi connectivity index (χ4n) is 1.74. The summed E-state index contributed by atoms with van der Waals surface area (Å²) in [5, 5.41) is 8.49. The van der Waals surface area contributed by atoms with Crippen molar-refractivity contribution in [2.24, 2.45) is 5.92 Å². The average molecular weight is 262 g/mol. The van der Waals surface area contributed by atoms with Gasteiger partial charge in [0, 0.05) is 44.1 Å². The minimum Gasteiger partial charge on any atom is -0.387 e. The van der Waals surface area contributed by atoms with Crippen molar-refractivity contribution >= 4 is 17.5 Å². The number of pyridine rings is 1. The number of carbonyl (C=O) groups is 2. The molecular weight excluding hydrogens is 244 g/mol. The van der Waals surface area contributed by atoms with Crippen LogP contribution in [0.25, 0.3) is 0 Å². The molecule has 0 aromatic carbocycles. The van der Waals surface area contributed by atoms with Crippen molar-refractivity contribution in [3.8, 4) is 0 Å². The van der Waals surface area contributed by atoms with E-state index in [4.69, 9.17) is 0 Å². The molecule has 0 atom stereocenters. The molecule has 0 spiro atoms. The van der Waals surface area contributed by atoms with Crippen LogP contribution < -0.4 is 16.0 Å². The number of rotatable bonds is 6. The first-order chi connectivity index (χ1) is 9.22. The van der Waals surface area contributed by atoms with Crippen molar-refractivity contribution in [2.45, 2.75) is 12.8 Å². The van der Waals surface area contributed by atoms with Gasteiger partial charge in [-0.3, -0.25) is 14.6 Å². The average Bonchev–Trinajstić information content (AvgIpc) is 3.27. The summed E-state index contributed by atoms with van der Waals surface area (Å²) in [5.74, 6) is 0.0922. The second-order valence-electron chi connectivity index (χ2n) is 4.49. The molecule has 0 saturated heterocycles. The highest BCUT2D eigenvalue weighted by atomic mass is 16.2. The third-order valence-corrected chi connectivity index (χ3v) is 2.99. The molecule has 0 aliphatic heterocycles. The Morgan fingerprint density at radius 3 is 2.74 bits per heavy atom. The predicted molar refractivity (Wildman–Crippen MR) is 71.9 cm³/mol. The van der Waals surface area contributed by atoms with Gasteiger partial charge >= 0.3 is 0 Å². The van der Waals surface area contributed by atoms with E-state index in [2.05, 4.69) is 20.9 Å². The van der Waals surface area contributed by atoms with Gasteiger partial charge in [0.05, 0.1) is 5.56 Å². The van der Waals surface area contributed by atoms with Crippen LogP contribution >= 0.6 is 0 Å². The SMILES string of the molecule is CNc1ccncc1C(=O)NCCNC(=O)C1CC1. The molecule has 6 heteroatoms. The van der Waals surface area contributed by atoms with Crippen LogP contribution in [0.3, 0.4) is 0 Å². The standard InChI is InChI=1S/C13H18N4O2/c1-14-11-4-5-15-8-10(11)13(19)17-7-6-16-12(18)9-2-3-9/h4-5,8-9H,2-3,6-7H2,1H3,(H,14,15)(H,16,18)(H,17,19). The van der Waals surface area contributed by atoms with E-state index in [1.54, 1.807) is 19.3 Å². The predicted octanol–water partition coefficient (Wildman–Crippen LogP) is 0.379. The molecule has 6 nitrogen and oxygen atoms in total. The van der Waals surface area contributed by atoms with Crippen LogP contribution in [0.2, 0.25) is 0 Å². The maximum absolute atomic E-state index is 11.9. The van der Waals surface area contributed by atoms with Crippen LogP contribution in [-0.2, 0) is 4.79 Å². The number of carbonyl (C=O) groups excluding carboxylic acids is 2. The maximum Gasteiger partial charge on any atom is 0.255 e. The molecule has 1 aromatic rings. The molecule has 1 aliphatic carbocycles. The summed E-state index contributed by atoms with van der Waals surface area (Å²) in [6.07, 6.45) is 5.11. The molecule has 102 valence electrons. The van der Waals surface area contributed by atoms with E-state index >= 15 is 0 Å². The van der Waals surface area contributed by atoms with Gasteiger partial charge in [-0.1, -0.05) is 0 Å². The lowest BCUT2D eigenvalue weighted by molar-refractivity contribution is -0.122. The van der Waals surface area contributed by atoms with Crippen LogP contribution in [-0.4, -0.2) is 36.9 Å². The molecule has 1 saturated carbocycles. The highest BCUT2D eigenvalue weighted by Gasteiger charge is 2.28. The van der Waals surface area contributed by atoms with Crippen LogP contribution in [0, 0.1) is 5.92 Å². The molecule has 1 fully saturated rings. The Balaban J connectivity index is 1.75. The van der Waals surface area contributed by atoms with Crippen LogP contribution in [0.4, 0.5) is 5.69 Å². The van der Waals surface area contributed by atoms with E-state index in [1.165, 1.54) is 6.20 Å². The van der Waals surface area contributed by atoms with Crippen molar-refractivity contribution in [3.63, 3.8) is 0 Å². The minimum atomic E-state index is -0.196. The molecule has 1 heterocycles. The summed E-state index contributed by atoms with van der Waals surface area (Å²) in [5.41, 5.74) is 1.23. The Morgan fingerprint density at radius 2 is 2.05 bits per heavy atom. The zero-order valence-corrected chi connectivity index (χ0v) is 10.9. The largest absolute Gasteiger partial charge is 0.387 e. The Morgan fingerprint density at radius 1 is 1.32 bits per heavy atom. The number of hydrogen-bond acceptors (Lipinski definition) is 4. The van der Waals surface area contributed by atoms with Crippen LogP contribution in [0.5, 0.6) is 0 Å². The van der Waals surface area contributed by atoms with Gasteiger partial charge < -0.3 is 16.0 Å². The summed E-state index contributed by atoms with van der Waals surface area (Å²) < 4.78 is 0. The van der Waals surface area contributed by atoms with Gasteiger partial charge in [0.1, 0.15) is 0 Å². The van der Waals surface area contributed by atoms with Crippen molar-refractivity contribution < 1.29 is 9.59 Å². The Labute approximate surface area is 112 Å². The highest BCUT2D eigenvalue weighted by Crippen LogP contribution is 2.28. The summed E-state index contributed by atoms with van der Waals surface area (Å²) in [7, 11) is 1.75. The van der Waals surface area contributed by atoms with E-state index < -0.39 is 0 Å². The number of nitrogens with one attached hydrogen (secondary N) is 3. The van der Waals surface area contributed by atoms with Gasteiger partial charge in [0.25, 0.3) is 5.91 Å². The number of aromatic nitrogens is 1. The lowest BCUT2D eigenvalue weighted by Gasteiger charge is -2.09. The van der Waals surface area contributed by atoms with Crippen molar-refractivity contribution in [2.75, 3.05) is 25.5 Å². The zero-order valence-electron chi connectivity index (χ0n) is 10.9. The summed E-state index contributed by atoms with van der Waals surface area (Å²) in [6.45, 7) is 0.867. The third kappa shape index (κ3) is 3.67. The van der Waals surface area contributed by atoms with Crippen molar-refractivity contribution in [3.05, 3.63) is 24.0 Å². The Bertz CT molecular complexity index is 471.